The van der Waals surface area contributed by atoms with Crippen LogP contribution in [0.5, 0.6) is 0 Å². The third-order valence-electron chi connectivity index (χ3n) is 3.90. The summed E-state index contributed by atoms with van der Waals surface area (Å²) in [4.78, 5) is 26.5. The standard InChI is InChI=1S/C18H23FN2O3/c1-18(2,3)7-6-14(17(23)24)21-16(22)8-11-10-20-15-9-12(19)4-5-13(11)15/h4-5,9-10,14,20H,6-8H2,1-3H3,(H,21,22)(H,23,24). The Labute approximate surface area is 140 Å². The van der Waals surface area contributed by atoms with Gasteiger partial charge in [0.2, 0.25) is 5.91 Å². The molecule has 5 nitrogen and oxygen atoms in total. The minimum atomic E-state index is -1.03. The number of carboxylic acids is 1. The molecule has 130 valence electrons. The Morgan fingerprint density at radius 3 is 2.67 bits per heavy atom. The number of fused-ring (bicyclic) bond motifs is 1. The number of hydrogen-bond acceptors (Lipinski definition) is 2. The van der Waals surface area contributed by atoms with Gasteiger partial charge in [0.05, 0.1) is 6.42 Å². The van der Waals surface area contributed by atoms with Crippen molar-refractivity contribution in [3.8, 4) is 0 Å². The Kier molecular flexibility index (Phi) is 5.26. The molecule has 1 unspecified atom stereocenters. The summed E-state index contributed by atoms with van der Waals surface area (Å²) in [6.07, 6.45) is 2.76. The first-order chi connectivity index (χ1) is 11.2. The van der Waals surface area contributed by atoms with Gasteiger partial charge in [-0.05, 0) is 42.0 Å². The molecule has 1 heterocycles. The molecular formula is C18H23FN2O3. The van der Waals surface area contributed by atoms with E-state index in [0.717, 1.165) is 5.39 Å². The maximum absolute atomic E-state index is 13.2. The number of hydrogen-bond donors (Lipinski definition) is 3. The van der Waals surface area contributed by atoms with E-state index in [-0.39, 0.29) is 23.6 Å². The second kappa shape index (κ2) is 7.03. The fourth-order valence-electron chi connectivity index (χ4n) is 2.56. The van der Waals surface area contributed by atoms with Gasteiger partial charge in [0.1, 0.15) is 11.9 Å². The van der Waals surface area contributed by atoms with Crippen molar-refractivity contribution >= 4 is 22.8 Å². The summed E-state index contributed by atoms with van der Waals surface area (Å²) >= 11 is 0. The molecule has 0 aliphatic rings. The van der Waals surface area contributed by atoms with Gasteiger partial charge in [-0.15, -0.1) is 0 Å². The Hall–Kier alpha value is -2.37. The van der Waals surface area contributed by atoms with E-state index in [9.17, 15) is 19.1 Å². The first-order valence-corrected chi connectivity index (χ1v) is 7.93. The second-order valence-electron chi connectivity index (χ2n) is 7.24. The number of benzene rings is 1. The number of carbonyl (C=O) groups excluding carboxylic acids is 1. The molecule has 2 aromatic rings. The zero-order chi connectivity index (χ0) is 17.9. The van der Waals surface area contributed by atoms with Crippen LogP contribution in [-0.4, -0.2) is 28.0 Å². The van der Waals surface area contributed by atoms with E-state index in [1.54, 1.807) is 12.3 Å². The fraction of sp³-hybridized carbons (Fsp3) is 0.444. The number of carboxylic acid groups (broad SMARTS) is 1. The molecule has 24 heavy (non-hydrogen) atoms. The van der Waals surface area contributed by atoms with Gasteiger partial charge < -0.3 is 15.4 Å². The van der Waals surface area contributed by atoms with Crippen molar-refractivity contribution in [3.63, 3.8) is 0 Å². The quantitative estimate of drug-likeness (QED) is 0.758. The molecular weight excluding hydrogens is 311 g/mol. The molecule has 0 saturated heterocycles. The summed E-state index contributed by atoms with van der Waals surface area (Å²) in [5, 5.41) is 12.6. The summed E-state index contributed by atoms with van der Waals surface area (Å²) in [6, 6.07) is 3.40. The molecule has 0 aliphatic heterocycles. The zero-order valence-corrected chi connectivity index (χ0v) is 14.1. The molecule has 0 radical (unpaired) electrons. The average Bonchev–Trinajstić information content (AvgIpc) is 2.84. The second-order valence-corrected chi connectivity index (χ2v) is 7.24. The van der Waals surface area contributed by atoms with E-state index >= 15 is 0 Å². The lowest BCUT2D eigenvalue weighted by molar-refractivity contribution is -0.142. The summed E-state index contributed by atoms with van der Waals surface area (Å²) < 4.78 is 13.2. The molecule has 0 fully saturated rings. The molecule has 3 N–H and O–H groups in total. The molecule has 6 heteroatoms. The van der Waals surface area contributed by atoms with Crippen molar-refractivity contribution in [2.45, 2.75) is 46.1 Å². The van der Waals surface area contributed by atoms with Crippen LogP contribution in [0.15, 0.2) is 24.4 Å². The number of aromatic nitrogens is 1. The van der Waals surface area contributed by atoms with Crippen LogP contribution in [0.2, 0.25) is 0 Å². The van der Waals surface area contributed by atoms with E-state index in [1.165, 1.54) is 12.1 Å². The minimum absolute atomic E-state index is 0.000654. The number of aromatic amines is 1. The summed E-state index contributed by atoms with van der Waals surface area (Å²) in [5.41, 5.74) is 1.32. The number of rotatable bonds is 6. The van der Waals surface area contributed by atoms with E-state index in [1.807, 2.05) is 20.8 Å². The van der Waals surface area contributed by atoms with Crippen LogP contribution in [0.1, 0.15) is 39.2 Å². The zero-order valence-electron chi connectivity index (χ0n) is 14.1. The highest BCUT2D eigenvalue weighted by Gasteiger charge is 2.23. The third-order valence-corrected chi connectivity index (χ3v) is 3.90. The van der Waals surface area contributed by atoms with Crippen LogP contribution in [0, 0.1) is 11.2 Å². The smallest absolute Gasteiger partial charge is 0.326 e. The summed E-state index contributed by atoms with van der Waals surface area (Å²) in [6.45, 7) is 6.08. The highest BCUT2D eigenvalue weighted by molar-refractivity contribution is 5.90. The van der Waals surface area contributed by atoms with Crippen molar-refractivity contribution in [1.82, 2.24) is 10.3 Å². The number of halogens is 1. The van der Waals surface area contributed by atoms with Crippen LogP contribution in [0.4, 0.5) is 4.39 Å². The van der Waals surface area contributed by atoms with E-state index in [2.05, 4.69) is 10.3 Å². The lowest BCUT2D eigenvalue weighted by Crippen LogP contribution is -2.42. The SMILES string of the molecule is CC(C)(C)CCC(NC(=O)Cc1c[nH]c2cc(F)ccc12)C(=O)O. The van der Waals surface area contributed by atoms with Crippen molar-refractivity contribution in [2.24, 2.45) is 5.41 Å². The van der Waals surface area contributed by atoms with E-state index < -0.39 is 12.0 Å². The Bertz CT molecular complexity index is 746. The van der Waals surface area contributed by atoms with Gasteiger partial charge in [0.15, 0.2) is 0 Å². The monoisotopic (exact) mass is 334 g/mol. The Morgan fingerprint density at radius 2 is 2.04 bits per heavy atom. The number of carbonyl (C=O) groups is 2. The van der Waals surface area contributed by atoms with Crippen molar-refractivity contribution in [3.05, 3.63) is 35.8 Å². The normalized spacial score (nSPS) is 13.0. The first-order valence-electron chi connectivity index (χ1n) is 7.93. The average molecular weight is 334 g/mol. The highest BCUT2D eigenvalue weighted by Crippen LogP contribution is 2.22. The van der Waals surface area contributed by atoms with Crippen molar-refractivity contribution < 1.29 is 19.1 Å². The van der Waals surface area contributed by atoms with Crippen molar-refractivity contribution in [2.75, 3.05) is 0 Å². The van der Waals surface area contributed by atoms with Crippen LogP contribution < -0.4 is 5.32 Å². The maximum atomic E-state index is 13.2. The molecule has 0 aliphatic carbocycles. The predicted octanol–water partition coefficient (Wildman–Crippen LogP) is 3.25. The lowest BCUT2D eigenvalue weighted by atomic mass is 9.88. The van der Waals surface area contributed by atoms with Gasteiger partial charge in [-0.25, -0.2) is 9.18 Å². The Balaban J connectivity index is 2.03. The van der Waals surface area contributed by atoms with Crippen LogP contribution in [-0.2, 0) is 16.0 Å². The van der Waals surface area contributed by atoms with Gasteiger partial charge in [-0.3, -0.25) is 4.79 Å². The van der Waals surface area contributed by atoms with Gasteiger partial charge >= 0.3 is 5.97 Å². The highest BCUT2D eigenvalue weighted by atomic mass is 19.1. The van der Waals surface area contributed by atoms with Gasteiger partial charge in [-0.2, -0.15) is 0 Å². The molecule has 1 aromatic carbocycles. The number of H-pyrrole nitrogens is 1. The Morgan fingerprint density at radius 1 is 1.33 bits per heavy atom. The van der Waals surface area contributed by atoms with Crippen LogP contribution in [0.3, 0.4) is 0 Å². The maximum Gasteiger partial charge on any atom is 0.326 e. The topological polar surface area (TPSA) is 82.2 Å². The first kappa shape index (κ1) is 18.0. The summed E-state index contributed by atoms with van der Waals surface area (Å²) in [7, 11) is 0. The predicted molar refractivity (Wildman–Crippen MR) is 90.2 cm³/mol. The van der Waals surface area contributed by atoms with Crippen LogP contribution >= 0.6 is 0 Å². The molecule has 1 amide bonds. The van der Waals surface area contributed by atoms with Gasteiger partial charge in [0.25, 0.3) is 0 Å². The molecule has 0 saturated carbocycles. The number of aliphatic carboxylic acids is 1. The minimum Gasteiger partial charge on any atom is -0.480 e. The number of nitrogens with one attached hydrogen (secondary N) is 2. The van der Waals surface area contributed by atoms with E-state index in [0.29, 0.717) is 23.9 Å². The molecule has 2 rings (SSSR count). The lowest BCUT2D eigenvalue weighted by Gasteiger charge is -2.21. The largest absolute Gasteiger partial charge is 0.480 e. The van der Waals surface area contributed by atoms with E-state index in [4.69, 9.17) is 0 Å². The number of amides is 1. The van der Waals surface area contributed by atoms with Crippen LogP contribution in [0.25, 0.3) is 10.9 Å². The molecule has 1 aromatic heterocycles. The molecule has 0 spiro atoms. The van der Waals surface area contributed by atoms with Gasteiger partial charge in [0, 0.05) is 17.1 Å². The fourth-order valence-corrected chi connectivity index (χ4v) is 2.56. The third kappa shape index (κ3) is 4.81. The molecule has 0 bridgehead atoms. The summed E-state index contributed by atoms with van der Waals surface area (Å²) in [5.74, 6) is -1.75. The van der Waals surface area contributed by atoms with Gasteiger partial charge in [-0.1, -0.05) is 20.8 Å². The van der Waals surface area contributed by atoms with Crippen molar-refractivity contribution in [1.29, 1.82) is 0 Å². The molecule has 1 atom stereocenters.